The molecule has 9 nitrogen and oxygen atoms in total. The number of nitrogens with zero attached hydrogens (tertiary/aromatic N) is 2. The average molecular weight is 420 g/mol. The molecule has 0 saturated heterocycles. The van der Waals surface area contributed by atoms with Crippen molar-refractivity contribution in [3.8, 4) is 0 Å². The molecule has 13 heteroatoms. The monoisotopic (exact) mass is 420 g/mol. The lowest BCUT2D eigenvalue weighted by Gasteiger charge is -2.13. The van der Waals surface area contributed by atoms with Gasteiger partial charge in [0.2, 0.25) is 0 Å². The Morgan fingerprint density at radius 1 is 0.964 bits per heavy atom. The number of rotatable bonds is 7. The molecule has 0 radical (unpaired) electrons. The number of hydrogen-bond acceptors (Lipinski definition) is 7. The number of alkyl halides is 3. The van der Waals surface area contributed by atoms with Gasteiger partial charge in [0.15, 0.2) is 0 Å². The highest BCUT2D eigenvalue weighted by Crippen LogP contribution is 2.36. The quantitative estimate of drug-likeness (QED) is 0.380. The van der Waals surface area contributed by atoms with Crippen molar-refractivity contribution in [2.24, 2.45) is 0 Å². The first-order valence-electron chi connectivity index (χ1n) is 7.34. The summed E-state index contributed by atoms with van der Waals surface area (Å²) in [5, 5.41) is 21.6. The van der Waals surface area contributed by atoms with Crippen molar-refractivity contribution in [2.75, 3.05) is 0 Å². The molecular weight excluding hydrogens is 409 g/mol. The lowest BCUT2D eigenvalue weighted by molar-refractivity contribution is -0.386. The predicted octanol–water partition coefficient (Wildman–Crippen LogP) is 3.57. The van der Waals surface area contributed by atoms with Crippen molar-refractivity contribution in [2.45, 2.75) is 18.5 Å². The van der Waals surface area contributed by atoms with Gasteiger partial charge in [-0.2, -0.15) is 21.6 Å². The van der Waals surface area contributed by atoms with Crippen LogP contribution in [0.15, 0.2) is 42.5 Å². The molecule has 0 N–H and O–H groups in total. The van der Waals surface area contributed by atoms with Crippen LogP contribution in [0.25, 0.3) is 0 Å². The van der Waals surface area contributed by atoms with Gasteiger partial charge < -0.3 is 0 Å². The predicted molar refractivity (Wildman–Crippen MR) is 88.6 cm³/mol. The van der Waals surface area contributed by atoms with Gasteiger partial charge in [-0.05, 0) is 11.6 Å². The third-order valence-corrected chi connectivity index (χ3v) is 4.69. The molecule has 150 valence electrons. The molecular formula is C15H11F3N2O7S. The van der Waals surface area contributed by atoms with Crippen LogP contribution in [0.5, 0.6) is 0 Å². The second-order valence-electron chi connectivity index (χ2n) is 5.45. The molecule has 0 bridgehead atoms. The van der Waals surface area contributed by atoms with E-state index in [1.54, 1.807) is 0 Å². The van der Waals surface area contributed by atoms with E-state index in [-0.39, 0.29) is 11.3 Å². The van der Waals surface area contributed by atoms with Crippen molar-refractivity contribution >= 4 is 21.5 Å². The first kappa shape index (κ1) is 21.2. The van der Waals surface area contributed by atoms with E-state index >= 15 is 0 Å². The highest BCUT2D eigenvalue weighted by molar-refractivity contribution is 7.85. The molecule has 0 aliphatic heterocycles. The van der Waals surface area contributed by atoms with Gasteiger partial charge in [0.25, 0.3) is 21.5 Å². The molecule has 0 amide bonds. The number of benzene rings is 2. The maximum absolute atomic E-state index is 13.1. The number of hydrogen-bond donors (Lipinski definition) is 0. The van der Waals surface area contributed by atoms with Crippen LogP contribution in [-0.4, -0.2) is 18.3 Å². The summed E-state index contributed by atoms with van der Waals surface area (Å²) in [6.45, 7) is -1.19. The molecule has 0 aliphatic rings. The van der Waals surface area contributed by atoms with Gasteiger partial charge in [-0.3, -0.25) is 24.4 Å². The molecule has 28 heavy (non-hydrogen) atoms. The smallest absolute Gasteiger partial charge is 0.265 e. The Bertz CT molecular complexity index is 1010. The van der Waals surface area contributed by atoms with Crippen LogP contribution < -0.4 is 0 Å². The topological polar surface area (TPSA) is 130 Å². The Kier molecular flexibility index (Phi) is 5.99. The summed E-state index contributed by atoms with van der Waals surface area (Å²) in [5.74, 6) is -0.785. The normalized spacial score (nSPS) is 12.0. The fraction of sp³-hybridized carbons (Fsp3) is 0.200. The Morgan fingerprint density at radius 3 is 2.07 bits per heavy atom. The zero-order chi connectivity index (χ0) is 21.1. The van der Waals surface area contributed by atoms with E-state index < -0.39 is 55.3 Å². The summed E-state index contributed by atoms with van der Waals surface area (Å²) < 4.78 is 67.8. The molecule has 0 aliphatic carbocycles. The summed E-state index contributed by atoms with van der Waals surface area (Å²) in [6, 6.07) is 6.60. The van der Waals surface area contributed by atoms with E-state index in [2.05, 4.69) is 4.18 Å². The number of nitro groups is 2. The summed E-state index contributed by atoms with van der Waals surface area (Å²) in [6.07, 6.45) is -4.95. The third kappa shape index (κ3) is 5.23. The fourth-order valence-electron chi connectivity index (χ4n) is 2.27. The van der Waals surface area contributed by atoms with Crippen LogP contribution in [0.3, 0.4) is 0 Å². The zero-order valence-corrected chi connectivity index (χ0v) is 14.6. The van der Waals surface area contributed by atoms with Gasteiger partial charge in [0.05, 0.1) is 27.6 Å². The van der Waals surface area contributed by atoms with E-state index in [0.29, 0.717) is 6.07 Å². The van der Waals surface area contributed by atoms with E-state index in [1.807, 2.05) is 0 Å². The van der Waals surface area contributed by atoms with Crippen LogP contribution >= 0.6 is 0 Å². The second kappa shape index (κ2) is 7.90. The van der Waals surface area contributed by atoms with Crippen LogP contribution in [0.4, 0.5) is 24.5 Å². The van der Waals surface area contributed by atoms with Crippen LogP contribution in [0, 0.1) is 20.2 Å². The molecule has 0 aromatic heterocycles. The average Bonchev–Trinajstić information content (AvgIpc) is 2.59. The Balaban J connectivity index is 2.24. The molecule has 0 unspecified atom stereocenters. The fourth-order valence-corrected chi connectivity index (χ4v) is 3.25. The maximum Gasteiger partial charge on any atom is 0.417 e. The highest BCUT2D eigenvalue weighted by Gasteiger charge is 2.37. The molecule has 0 heterocycles. The van der Waals surface area contributed by atoms with Gasteiger partial charge in [-0.1, -0.05) is 18.2 Å². The summed E-state index contributed by atoms with van der Waals surface area (Å²) >= 11 is 0. The standard InChI is InChI=1S/C15H11F3N2O7S/c16-15(17,18)13-2-1-3-14(20(23)24)12(13)8-27-28(25,26)9-10-4-6-11(7-5-10)19(21)22/h1-7H,8-9H2. The molecule has 0 spiro atoms. The Labute approximate surface area is 155 Å². The molecule has 2 rings (SSSR count). The van der Waals surface area contributed by atoms with Crippen molar-refractivity contribution < 1.29 is 35.6 Å². The molecule has 0 saturated carbocycles. The lowest BCUT2D eigenvalue weighted by Crippen LogP contribution is -2.15. The van der Waals surface area contributed by atoms with Crippen molar-refractivity contribution in [1.29, 1.82) is 0 Å². The minimum atomic E-state index is -4.95. The van der Waals surface area contributed by atoms with Gasteiger partial charge in [-0.15, -0.1) is 0 Å². The first-order valence-corrected chi connectivity index (χ1v) is 8.92. The van der Waals surface area contributed by atoms with Crippen molar-refractivity contribution in [1.82, 2.24) is 0 Å². The maximum atomic E-state index is 13.1. The van der Waals surface area contributed by atoms with E-state index in [0.717, 1.165) is 36.4 Å². The van der Waals surface area contributed by atoms with Crippen LogP contribution in [0.2, 0.25) is 0 Å². The molecule has 2 aromatic rings. The second-order valence-corrected chi connectivity index (χ2v) is 7.09. The van der Waals surface area contributed by atoms with Crippen molar-refractivity contribution in [3.63, 3.8) is 0 Å². The van der Waals surface area contributed by atoms with Gasteiger partial charge in [0.1, 0.15) is 5.75 Å². The van der Waals surface area contributed by atoms with E-state index in [4.69, 9.17) is 0 Å². The minimum absolute atomic E-state index is 0.0872. The van der Waals surface area contributed by atoms with Crippen LogP contribution in [0.1, 0.15) is 16.7 Å². The number of halogens is 3. The number of non-ortho nitro benzene ring substituents is 1. The largest absolute Gasteiger partial charge is 0.417 e. The molecule has 0 atom stereocenters. The van der Waals surface area contributed by atoms with Crippen LogP contribution in [-0.2, 0) is 32.8 Å². The van der Waals surface area contributed by atoms with Gasteiger partial charge in [-0.25, -0.2) is 0 Å². The molecule has 2 aromatic carbocycles. The molecule has 0 fully saturated rings. The highest BCUT2D eigenvalue weighted by atomic mass is 32.2. The summed E-state index contributed by atoms with van der Waals surface area (Å²) in [5.41, 5.74) is -3.43. The van der Waals surface area contributed by atoms with E-state index in [1.165, 1.54) is 0 Å². The summed E-state index contributed by atoms with van der Waals surface area (Å²) in [4.78, 5) is 19.8. The lowest BCUT2D eigenvalue weighted by atomic mass is 10.1. The SMILES string of the molecule is O=[N+]([O-])c1ccc(CS(=O)(=O)OCc2c([N+](=O)[O-])cccc2C(F)(F)F)cc1. The number of nitro benzene ring substituents is 2. The Hall–Kier alpha value is -3.06. The summed E-state index contributed by atoms with van der Waals surface area (Å²) in [7, 11) is -4.43. The third-order valence-electron chi connectivity index (χ3n) is 3.53. The zero-order valence-electron chi connectivity index (χ0n) is 13.7. The van der Waals surface area contributed by atoms with Crippen molar-refractivity contribution in [3.05, 3.63) is 79.4 Å². The van der Waals surface area contributed by atoms with Gasteiger partial charge in [0, 0.05) is 18.2 Å². The van der Waals surface area contributed by atoms with Gasteiger partial charge >= 0.3 is 6.18 Å². The minimum Gasteiger partial charge on any atom is -0.265 e. The first-order chi connectivity index (χ1) is 12.9. The Morgan fingerprint density at radius 2 is 1.57 bits per heavy atom. The van der Waals surface area contributed by atoms with E-state index in [9.17, 15) is 41.8 Å².